The van der Waals surface area contributed by atoms with E-state index >= 15 is 0 Å². The molecule has 0 saturated heterocycles. The Balaban J connectivity index is 1.79. The summed E-state index contributed by atoms with van der Waals surface area (Å²) in [5, 5.41) is 4.22. The molecule has 0 bridgehead atoms. The Morgan fingerprint density at radius 3 is 1.07 bits per heavy atom. The molecule has 0 aliphatic carbocycles. The summed E-state index contributed by atoms with van der Waals surface area (Å²) in [4.78, 5) is 13.1. The molecular weight excluding hydrogens is 589 g/mol. The SMILES string of the molecule is C=C(C)C(=O)OC(CO[Si](c1ccccc1)(c1ccccc1)C(C)(C)C)CO[Si](c1ccccc1)(c1ccccc1)C(C)(C)C. The van der Waals surface area contributed by atoms with Crippen LogP contribution in [0.1, 0.15) is 48.5 Å². The minimum absolute atomic E-state index is 0.185. The van der Waals surface area contributed by atoms with Crippen LogP contribution in [0.5, 0.6) is 0 Å². The molecule has 0 saturated carbocycles. The van der Waals surface area contributed by atoms with Gasteiger partial charge in [-0.2, -0.15) is 0 Å². The summed E-state index contributed by atoms with van der Waals surface area (Å²) in [7, 11) is -5.78. The molecule has 0 aliphatic heterocycles. The number of esters is 1. The third kappa shape index (κ3) is 7.31. The van der Waals surface area contributed by atoms with Gasteiger partial charge in [0.2, 0.25) is 0 Å². The Hall–Kier alpha value is -3.56. The zero-order chi connectivity index (χ0) is 32.7. The van der Waals surface area contributed by atoms with Gasteiger partial charge in [0, 0.05) is 5.57 Å². The van der Waals surface area contributed by atoms with Crippen LogP contribution in [0.25, 0.3) is 0 Å². The van der Waals surface area contributed by atoms with E-state index in [2.05, 4.69) is 145 Å². The standard InChI is InChI=1S/C39H48O4Si2/c1-31(2)37(40)43-32(29-41-44(38(3,4)5,33-21-13-9-14-22-33)34-23-15-10-16-24-34)30-42-45(39(6,7)8,35-25-17-11-18-26-35)36-27-19-12-20-28-36/h9-28,32H,1,29-30H2,2-8H3. The smallest absolute Gasteiger partial charge is 0.333 e. The van der Waals surface area contributed by atoms with Crippen molar-refractivity contribution in [1.82, 2.24) is 0 Å². The van der Waals surface area contributed by atoms with Crippen LogP contribution in [0.3, 0.4) is 0 Å². The minimum Gasteiger partial charge on any atom is -0.454 e. The van der Waals surface area contributed by atoms with E-state index < -0.39 is 28.7 Å². The Kier molecular flexibility index (Phi) is 10.9. The Morgan fingerprint density at radius 1 is 0.578 bits per heavy atom. The molecule has 0 amide bonds. The molecule has 0 radical (unpaired) electrons. The van der Waals surface area contributed by atoms with Gasteiger partial charge >= 0.3 is 5.97 Å². The third-order valence-electron chi connectivity index (χ3n) is 8.43. The second kappa shape index (κ2) is 14.3. The van der Waals surface area contributed by atoms with Crippen molar-refractivity contribution in [3.8, 4) is 0 Å². The molecule has 0 spiro atoms. The maximum absolute atomic E-state index is 13.1. The van der Waals surface area contributed by atoms with Gasteiger partial charge in [0.15, 0.2) is 0 Å². The summed E-state index contributed by atoms with van der Waals surface area (Å²) in [5.41, 5.74) is 0.343. The highest BCUT2D eigenvalue weighted by Crippen LogP contribution is 2.38. The Morgan fingerprint density at radius 2 is 0.844 bits per heavy atom. The second-order valence-corrected chi connectivity index (χ2v) is 22.4. The number of hydrogen-bond acceptors (Lipinski definition) is 4. The predicted octanol–water partition coefficient (Wildman–Crippen LogP) is 6.63. The molecule has 45 heavy (non-hydrogen) atoms. The van der Waals surface area contributed by atoms with Crippen LogP contribution in [0.4, 0.5) is 0 Å². The highest BCUT2D eigenvalue weighted by atomic mass is 28.4. The van der Waals surface area contributed by atoms with Crippen molar-refractivity contribution in [2.75, 3.05) is 13.2 Å². The van der Waals surface area contributed by atoms with Gasteiger partial charge in [0.25, 0.3) is 16.6 Å². The maximum Gasteiger partial charge on any atom is 0.333 e. The summed E-state index contributed by atoms with van der Waals surface area (Å²) in [6.07, 6.45) is -0.655. The molecule has 4 aromatic rings. The Labute approximate surface area is 272 Å². The zero-order valence-corrected chi connectivity index (χ0v) is 29.9. The van der Waals surface area contributed by atoms with E-state index in [0.717, 1.165) is 0 Å². The maximum atomic E-state index is 13.1. The fourth-order valence-electron chi connectivity index (χ4n) is 6.33. The van der Waals surface area contributed by atoms with E-state index in [9.17, 15) is 4.79 Å². The van der Waals surface area contributed by atoms with Crippen molar-refractivity contribution in [2.24, 2.45) is 0 Å². The largest absolute Gasteiger partial charge is 0.454 e. The van der Waals surface area contributed by atoms with Gasteiger partial charge in [-0.05, 0) is 37.7 Å². The van der Waals surface area contributed by atoms with Crippen LogP contribution in [0.15, 0.2) is 133 Å². The van der Waals surface area contributed by atoms with Gasteiger partial charge in [0.1, 0.15) is 6.10 Å². The lowest BCUT2D eigenvalue weighted by molar-refractivity contribution is -0.147. The highest BCUT2D eigenvalue weighted by Gasteiger charge is 2.52. The molecule has 0 aromatic heterocycles. The lowest BCUT2D eigenvalue weighted by Gasteiger charge is -2.45. The van der Waals surface area contributed by atoms with Crippen LogP contribution in [-0.2, 0) is 18.4 Å². The first-order valence-corrected chi connectivity index (χ1v) is 19.5. The molecule has 0 N–H and O–H groups in total. The van der Waals surface area contributed by atoms with Crippen LogP contribution < -0.4 is 20.7 Å². The minimum atomic E-state index is -2.89. The van der Waals surface area contributed by atoms with Gasteiger partial charge in [-0.3, -0.25) is 0 Å². The number of carbonyl (C=O) groups excluding carboxylic acids is 1. The van der Waals surface area contributed by atoms with Crippen LogP contribution in [0.2, 0.25) is 10.1 Å². The number of hydrogen-bond donors (Lipinski definition) is 0. The first-order chi connectivity index (χ1) is 21.3. The van der Waals surface area contributed by atoms with Crippen molar-refractivity contribution in [3.05, 3.63) is 133 Å². The van der Waals surface area contributed by atoms with E-state index in [1.165, 1.54) is 20.7 Å². The number of ether oxygens (including phenoxy) is 1. The van der Waals surface area contributed by atoms with Crippen molar-refractivity contribution in [2.45, 2.75) is 64.6 Å². The van der Waals surface area contributed by atoms with Crippen molar-refractivity contribution in [3.63, 3.8) is 0 Å². The molecule has 4 aromatic carbocycles. The molecule has 236 valence electrons. The predicted molar refractivity (Wildman–Crippen MR) is 192 cm³/mol. The monoisotopic (exact) mass is 636 g/mol. The van der Waals surface area contributed by atoms with E-state index in [1.807, 2.05) is 24.3 Å². The average molecular weight is 637 g/mol. The van der Waals surface area contributed by atoms with Crippen LogP contribution >= 0.6 is 0 Å². The van der Waals surface area contributed by atoms with Crippen molar-refractivity contribution < 1.29 is 18.4 Å². The first kappa shape index (κ1) is 34.3. The average Bonchev–Trinajstić information content (AvgIpc) is 3.02. The summed E-state index contributed by atoms with van der Waals surface area (Å²) < 4.78 is 20.6. The van der Waals surface area contributed by atoms with Crippen molar-refractivity contribution in [1.29, 1.82) is 0 Å². The molecule has 0 heterocycles. The lowest BCUT2D eigenvalue weighted by atomic mass is 10.2. The van der Waals surface area contributed by atoms with E-state index in [1.54, 1.807) is 6.92 Å². The van der Waals surface area contributed by atoms with E-state index in [-0.39, 0.29) is 23.3 Å². The molecule has 0 unspecified atom stereocenters. The molecule has 4 nitrogen and oxygen atoms in total. The normalized spacial score (nSPS) is 12.6. The van der Waals surface area contributed by atoms with Gasteiger partial charge < -0.3 is 13.6 Å². The quantitative estimate of drug-likeness (QED) is 0.0996. The number of carbonyl (C=O) groups is 1. The lowest BCUT2D eigenvalue weighted by Crippen LogP contribution is -2.68. The molecule has 4 rings (SSSR count). The van der Waals surface area contributed by atoms with Crippen LogP contribution in [-0.4, -0.2) is 41.9 Å². The second-order valence-electron chi connectivity index (χ2n) is 13.8. The van der Waals surface area contributed by atoms with E-state index in [0.29, 0.717) is 5.57 Å². The summed E-state index contributed by atoms with van der Waals surface area (Å²) in [6.45, 7) is 19.4. The van der Waals surface area contributed by atoms with Crippen molar-refractivity contribution >= 4 is 43.4 Å². The number of rotatable bonds is 12. The van der Waals surface area contributed by atoms with Gasteiger partial charge in [-0.25, -0.2) is 4.79 Å². The Bertz CT molecular complexity index is 1340. The molecule has 6 heteroatoms. The molecule has 0 atom stereocenters. The molecule has 0 fully saturated rings. The summed E-state index contributed by atoms with van der Waals surface area (Å²) >= 11 is 0. The van der Waals surface area contributed by atoms with Gasteiger partial charge in [0.05, 0.1) is 13.2 Å². The molecular formula is C39H48O4Si2. The first-order valence-electron chi connectivity index (χ1n) is 15.7. The van der Waals surface area contributed by atoms with Gasteiger partial charge in [-0.15, -0.1) is 0 Å². The van der Waals surface area contributed by atoms with Crippen LogP contribution in [0, 0.1) is 0 Å². The molecule has 0 aliphatic rings. The highest BCUT2D eigenvalue weighted by molar-refractivity contribution is 7.00. The topological polar surface area (TPSA) is 44.8 Å². The number of benzene rings is 4. The fraction of sp³-hybridized carbons (Fsp3) is 0.308. The summed E-state index contributed by atoms with van der Waals surface area (Å²) in [5.74, 6) is -0.447. The zero-order valence-electron chi connectivity index (χ0n) is 27.9. The van der Waals surface area contributed by atoms with Gasteiger partial charge in [-0.1, -0.05) is 169 Å². The fourth-order valence-corrected chi connectivity index (χ4v) is 15.5. The van der Waals surface area contributed by atoms with E-state index in [4.69, 9.17) is 13.6 Å². The third-order valence-corrected chi connectivity index (χ3v) is 18.4. The summed E-state index contributed by atoms with van der Waals surface area (Å²) in [6, 6.07) is 42.0.